The summed E-state index contributed by atoms with van der Waals surface area (Å²) in [5, 5.41) is 11.3. The highest BCUT2D eigenvalue weighted by Gasteiger charge is 2.44. The molecule has 1 aliphatic rings. The van der Waals surface area contributed by atoms with Gasteiger partial charge in [0.05, 0.1) is 29.9 Å². The number of pyridine rings is 1. The van der Waals surface area contributed by atoms with Crippen molar-refractivity contribution in [1.29, 1.82) is 0 Å². The molecule has 2 aromatic rings. The van der Waals surface area contributed by atoms with E-state index in [0.29, 0.717) is 29.3 Å². The topological polar surface area (TPSA) is 68.7 Å². The molecule has 0 aliphatic heterocycles. The van der Waals surface area contributed by atoms with Gasteiger partial charge in [0.25, 0.3) is 0 Å². The van der Waals surface area contributed by atoms with Crippen molar-refractivity contribution in [2.45, 2.75) is 24.5 Å². The molecule has 1 heterocycles. The number of nitrogens with zero attached hydrogens (tertiary/aromatic N) is 1. The highest BCUT2D eigenvalue weighted by atomic mass is 16.5. The van der Waals surface area contributed by atoms with Gasteiger partial charge < -0.3 is 14.6 Å². The number of hydrogen-bond donors (Lipinski definition) is 1. The summed E-state index contributed by atoms with van der Waals surface area (Å²) in [6, 6.07) is 7.11. The maximum atomic E-state index is 11.8. The standard InChI is InChI=1S/C16H17NO4/c1-20-11-8-16(19,9-11)10-3-4-14-13(7-10)12(5-6-17-14)15(18)21-2/h3-7,11,19H,8-9H2,1-2H3. The summed E-state index contributed by atoms with van der Waals surface area (Å²) in [6.07, 6.45) is 2.78. The fraction of sp³-hybridized carbons (Fsp3) is 0.375. The predicted molar refractivity (Wildman–Crippen MR) is 77.0 cm³/mol. The number of carbonyl (C=O) groups is 1. The zero-order valence-corrected chi connectivity index (χ0v) is 12.0. The van der Waals surface area contributed by atoms with Crippen LogP contribution in [-0.2, 0) is 15.1 Å². The van der Waals surface area contributed by atoms with Crippen LogP contribution in [0.1, 0.15) is 28.8 Å². The smallest absolute Gasteiger partial charge is 0.338 e. The van der Waals surface area contributed by atoms with E-state index in [4.69, 9.17) is 9.47 Å². The van der Waals surface area contributed by atoms with Crippen molar-refractivity contribution < 1.29 is 19.4 Å². The number of ether oxygens (including phenoxy) is 2. The lowest BCUT2D eigenvalue weighted by molar-refractivity contribution is -0.133. The van der Waals surface area contributed by atoms with Gasteiger partial charge in [0.1, 0.15) is 0 Å². The second-order valence-electron chi connectivity index (χ2n) is 5.38. The molecule has 1 fully saturated rings. The third kappa shape index (κ3) is 2.28. The van der Waals surface area contributed by atoms with E-state index in [0.717, 1.165) is 5.56 Å². The fourth-order valence-electron chi connectivity index (χ4n) is 2.82. The number of carbonyl (C=O) groups excluding carboxylic acids is 1. The molecule has 1 saturated carbocycles. The van der Waals surface area contributed by atoms with Gasteiger partial charge in [-0.15, -0.1) is 0 Å². The summed E-state index contributed by atoms with van der Waals surface area (Å²) < 4.78 is 10.0. The van der Waals surface area contributed by atoms with Crippen molar-refractivity contribution in [3.05, 3.63) is 41.6 Å². The van der Waals surface area contributed by atoms with Crippen molar-refractivity contribution >= 4 is 16.9 Å². The van der Waals surface area contributed by atoms with E-state index >= 15 is 0 Å². The van der Waals surface area contributed by atoms with Crippen LogP contribution in [0.25, 0.3) is 10.9 Å². The minimum Gasteiger partial charge on any atom is -0.465 e. The average Bonchev–Trinajstić information content (AvgIpc) is 2.49. The number of aromatic nitrogens is 1. The van der Waals surface area contributed by atoms with Gasteiger partial charge in [-0.2, -0.15) is 0 Å². The van der Waals surface area contributed by atoms with Crippen molar-refractivity contribution in [3.8, 4) is 0 Å². The normalized spacial score (nSPS) is 24.6. The number of esters is 1. The second-order valence-corrected chi connectivity index (χ2v) is 5.38. The fourth-order valence-corrected chi connectivity index (χ4v) is 2.82. The number of aliphatic hydroxyl groups is 1. The van der Waals surface area contributed by atoms with Gasteiger partial charge in [-0.05, 0) is 23.8 Å². The van der Waals surface area contributed by atoms with Gasteiger partial charge in [-0.25, -0.2) is 4.79 Å². The van der Waals surface area contributed by atoms with Gasteiger partial charge in [-0.3, -0.25) is 4.98 Å². The van der Waals surface area contributed by atoms with E-state index in [1.54, 1.807) is 19.4 Å². The average molecular weight is 287 g/mol. The van der Waals surface area contributed by atoms with Crippen molar-refractivity contribution in [2.75, 3.05) is 14.2 Å². The summed E-state index contributed by atoms with van der Waals surface area (Å²) in [6.45, 7) is 0. The van der Waals surface area contributed by atoms with Crippen LogP contribution < -0.4 is 0 Å². The lowest BCUT2D eigenvalue weighted by atomic mass is 9.72. The van der Waals surface area contributed by atoms with Crippen LogP contribution in [0.3, 0.4) is 0 Å². The molecule has 1 aromatic heterocycles. The Labute approximate surface area is 122 Å². The molecule has 21 heavy (non-hydrogen) atoms. The monoisotopic (exact) mass is 287 g/mol. The Kier molecular flexibility index (Phi) is 3.39. The molecule has 1 aliphatic carbocycles. The van der Waals surface area contributed by atoms with Crippen molar-refractivity contribution in [1.82, 2.24) is 4.98 Å². The van der Waals surface area contributed by atoms with Crippen LogP contribution in [0, 0.1) is 0 Å². The van der Waals surface area contributed by atoms with Crippen LogP contribution in [0.5, 0.6) is 0 Å². The molecule has 0 radical (unpaired) electrons. The highest BCUT2D eigenvalue weighted by Crippen LogP contribution is 2.43. The molecule has 3 rings (SSSR count). The van der Waals surface area contributed by atoms with E-state index in [1.807, 2.05) is 18.2 Å². The lowest BCUT2D eigenvalue weighted by Gasteiger charge is -2.43. The molecule has 1 N–H and O–H groups in total. The Bertz CT molecular complexity index is 692. The Morgan fingerprint density at radius 2 is 2.10 bits per heavy atom. The van der Waals surface area contributed by atoms with Crippen LogP contribution in [-0.4, -0.2) is 36.4 Å². The first-order valence-corrected chi connectivity index (χ1v) is 6.80. The number of fused-ring (bicyclic) bond motifs is 1. The van der Waals surface area contributed by atoms with Gasteiger partial charge in [-0.1, -0.05) is 6.07 Å². The first-order chi connectivity index (χ1) is 10.1. The van der Waals surface area contributed by atoms with E-state index in [-0.39, 0.29) is 6.10 Å². The Morgan fingerprint density at radius 3 is 2.76 bits per heavy atom. The maximum absolute atomic E-state index is 11.8. The molecule has 0 amide bonds. The molecule has 0 unspecified atom stereocenters. The zero-order chi connectivity index (χ0) is 15.0. The first-order valence-electron chi connectivity index (χ1n) is 6.80. The second kappa shape index (κ2) is 5.09. The van der Waals surface area contributed by atoms with Crippen LogP contribution in [0.15, 0.2) is 30.5 Å². The van der Waals surface area contributed by atoms with Crippen molar-refractivity contribution in [3.63, 3.8) is 0 Å². The largest absolute Gasteiger partial charge is 0.465 e. The molecular weight excluding hydrogens is 270 g/mol. The van der Waals surface area contributed by atoms with Crippen molar-refractivity contribution in [2.24, 2.45) is 0 Å². The van der Waals surface area contributed by atoms with E-state index in [2.05, 4.69) is 4.98 Å². The highest BCUT2D eigenvalue weighted by molar-refractivity contribution is 6.03. The lowest BCUT2D eigenvalue weighted by Crippen LogP contribution is -2.45. The Morgan fingerprint density at radius 1 is 1.33 bits per heavy atom. The number of rotatable bonds is 3. The third-order valence-corrected chi connectivity index (χ3v) is 4.15. The molecule has 1 aromatic carbocycles. The minimum absolute atomic E-state index is 0.0830. The molecule has 110 valence electrons. The van der Waals surface area contributed by atoms with Gasteiger partial charge in [0.15, 0.2) is 0 Å². The number of hydrogen-bond acceptors (Lipinski definition) is 5. The van der Waals surface area contributed by atoms with Gasteiger partial charge >= 0.3 is 5.97 Å². The molecule has 5 nitrogen and oxygen atoms in total. The number of methoxy groups -OCH3 is 2. The molecular formula is C16H17NO4. The summed E-state index contributed by atoms with van der Waals surface area (Å²) >= 11 is 0. The number of benzene rings is 1. The summed E-state index contributed by atoms with van der Waals surface area (Å²) in [7, 11) is 2.99. The van der Waals surface area contributed by atoms with Crippen LogP contribution >= 0.6 is 0 Å². The van der Waals surface area contributed by atoms with Gasteiger partial charge in [0.2, 0.25) is 0 Å². The minimum atomic E-state index is -0.891. The molecule has 5 heteroatoms. The maximum Gasteiger partial charge on any atom is 0.338 e. The molecule has 0 atom stereocenters. The predicted octanol–water partition coefficient (Wildman–Crippen LogP) is 2.02. The van der Waals surface area contributed by atoms with Crippen LogP contribution in [0.2, 0.25) is 0 Å². The third-order valence-electron chi connectivity index (χ3n) is 4.15. The Hall–Kier alpha value is -1.98. The zero-order valence-electron chi connectivity index (χ0n) is 12.0. The van der Waals surface area contributed by atoms with Crippen LogP contribution in [0.4, 0.5) is 0 Å². The molecule has 0 spiro atoms. The summed E-state index contributed by atoms with van der Waals surface area (Å²) in [4.78, 5) is 16.1. The summed E-state index contributed by atoms with van der Waals surface area (Å²) in [5.74, 6) is -0.407. The molecule has 0 saturated heterocycles. The summed E-state index contributed by atoms with van der Waals surface area (Å²) in [5.41, 5.74) is 1.04. The van der Waals surface area contributed by atoms with E-state index < -0.39 is 11.6 Å². The Balaban J connectivity index is 2.05. The van der Waals surface area contributed by atoms with E-state index in [1.165, 1.54) is 7.11 Å². The first kappa shape index (κ1) is 14.0. The molecule has 0 bridgehead atoms. The van der Waals surface area contributed by atoms with Gasteiger partial charge in [0, 0.05) is 31.5 Å². The SMILES string of the molecule is COC(=O)c1ccnc2ccc(C3(O)CC(OC)C3)cc12. The quantitative estimate of drug-likeness (QED) is 0.875. The van der Waals surface area contributed by atoms with E-state index in [9.17, 15) is 9.90 Å².